The lowest BCUT2D eigenvalue weighted by Gasteiger charge is -2.16. The minimum Gasteiger partial charge on any atom is -0.164 e. The largest absolute Gasteiger partial charge is 0.164 e. The molecule has 0 aliphatic heterocycles. The molecule has 0 aliphatic rings. The van der Waals surface area contributed by atoms with Crippen molar-refractivity contribution in [2.75, 3.05) is 0 Å². The first-order chi connectivity index (χ1) is 5.58. The predicted octanol–water partition coefficient (Wildman–Crippen LogP) is 1.50. The number of hydrogen-bond acceptors (Lipinski definition) is 3. The van der Waals surface area contributed by atoms with Gasteiger partial charge < -0.3 is 0 Å². The van der Waals surface area contributed by atoms with E-state index in [4.69, 9.17) is 0 Å². The van der Waals surface area contributed by atoms with Gasteiger partial charge in [-0.25, -0.2) is 0 Å². The van der Waals surface area contributed by atoms with Crippen LogP contribution in [0, 0.1) is 5.41 Å². The molecule has 4 heteroatoms. The highest BCUT2D eigenvalue weighted by Crippen LogP contribution is 2.20. The Labute approximate surface area is 73.0 Å². The van der Waals surface area contributed by atoms with E-state index in [9.17, 15) is 0 Å². The smallest absolute Gasteiger partial charge is 0.162 e. The summed E-state index contributed by atoms with van der Waals surface area (Å²) in [7, 11) is 0. The lowest BCUT2D eigenvalue weighted by molar-refractivity contribution is 0.340. The van der Waals surface area contributed by atoms with Crippen molar-refractivity contribution in [1.29, 1.82) is 0 Å². The molecule has 0 bridgehead atoms. The molecule has 0 radical (unpaired) electrons. The molecule has 0 fully saturated rings. The topological polar surface area (TPSA) is 43.6 Å². The standard InChI is InChI=1S/C8H16N4/c1-8(2,3)5-4-6-12-10-7-9-11-12/h7H,4-6H2,1-3H3. The van der Waals surface area contributed by atoms with E-state index in [1.54, 1.807) is 4.80 Å². The van der Waals surface area contributed by atoms with Crippen molar-refractivity contribution in [2.45, 2.75) is 40.2 Å². The SMILES string of the molecule is CC(C)(C)CCCn1ncnn1. The Balaban J connectivity index is 2.20. The van der Waals surface area contributed by atoms with Crippen molar-refractivity contribution < 1.29 is 0 Å². The molecular formula is C8H16N4. The lowest BCUT2D eigenvalue weighted by atomic mass is 9.91. The van der Waals surface area contributed by atoms with E-state index >= 15 is 0 Å². The molecule has 0 spiro atoms. The zero-order valence-electron chi connectivity index (χ0n) is 7.99. The first kappa shape index (κ1) is 9.16. The van der Waals surface area contributed by atoms with Gasteiger partial charge in [0.1, 0.15) is 0 Å². The molecule has 1 rings (SSSR count). The van der Waals surface area contributed by atoms with Gasteiger partial charge in [0, 0.05) is 0 Å². The molecule has 0 saturated carbocycles. The fraction of sp³-hybridized carbons (Fsp3) is 0.875. The fourth-order valence-corrected chi connectivity index (χ4v) is 1.04. The number of tetrazole rings is 1. The van der Waals surface area contributed by atoms with Gasteiger partial charge in [-0.2, -0.15) is 4.80 Å². The van der Waals surface area contributed by atoms with E-state index in [1.807, 2.05) is 0 Å². The molecule has 1 heterocycles. The van der Waals surface area contributed by atoms with Crippen molar-refractivity contribution in [3.8, 4) is 0 Å². The van der Waals surface area contributed by atoms with Gasteiger partial charge in [0.2, 0.25) is 0 Å². The van der Waals surface area contributed by atoms with Crippen LogP contribution < -0.4 is 0 Å². The van der Waals surface area contributed by atoms with Gasteiger partial charge in [-0.05, 0) is 23.5 Å². The van der Waals surface area contributed by atoms with Crippen molar-refractivity contribution >= 4 is 0 Å². The molecule has 68 valence electrons. The molecule has 1 aromatic rings. The van der Waals surface area contributed by atoms with Gasteiger partial charge in [-0.1, -0.05) is 20.8 Å². The molecule has 0 amide bonds. The van der Waals surface area contributed by atoms with E-state index in [-0.39, 0.29) is 0 Å². The van der Waals surface area contributed by atoms with Crippen molar-refractivity contribution in [3.63, 3.8) is 0 Å². The maximum atomic E-state index is 3.93. The van der Waals surface area contributed by atoms with Crippen LogP contribution in [0.5, 0.6) is 0 Å². The summed E-state index contributed by atoms with van der Waals surface area (Å²) in [4.78, 5) is 1.63. The van der Waals surface area contributed by atoms with Gasteiger partial charge in [-0.3, -0.25) is 0 Å². The highest BCUT2D eigenvalue weighted by atomic mass is 15.6. The third kappa shape index (κ3) is 3.46. The van der Waals surface area contributed by atoms with Gasteiger partial charge in [0.15, 0.2) is 6.33 Å². The highest BCUT2D eigenvalue weighted by Gasteiger charge is 2.09. The third-order valence-electron chi connectivity index (χ3n) is 1.68. The fourth-order valence-electron chi connectivity index (χ4n) is 1.04. The van der Waals surface area contributed by atoms with Crippen molar-refractivity contribution in [3.05, 3.63) is 6.33 Å². The monoisotopic (exact) mass is 168 g/mol. The van der Waals surface area contributed by atoms with Crippen LogP contribution in [0.15, 0.2) is 6.33 Å². The summed E-state index contributed by atoms with van der Waals surface area (Å²) < 4.78 is 0. The third-order valence-corrected chi connectivity index (χ3v) is 1.68. The van der Waals surface area contributed by atoms with E-state index in [0.717, 1.165) is 13.0 Å². The molecule has 0 aliphatic carbocycles. The first-order valence-corrected chi connectivity index (χ1v) is 4.29. The molecule has 0 unspecified atom stereocenters. The number of nitrogens with zero attached hydrogens (tertiary/aromatic N) is 4. The minimum absolute atomic E-state index is 0.403. The second-order valence-electron chi connectivity index (χ2n) is 4.20. The Hall–Kier alpha value is -0.930. The summed E-state index contributed by atoms with van der Waals surface area (Å²) in [6, 6.07) is 0. The summed E-state index contributed by atoms with van der Waals surface area (Å²) >= 11 is 0. The van der Waals surface area contributed by atoms with Crippen molar-refractivity contribution in [2.24, 2.45) is 5.41 Å². The first-order valence-electron chi connectivity index (χ1n) is 4.29. The van der Waals surface area contributed by atoms with E-state index in [0.29, 0.717) is 5.41 Å². The Bertz CT molecular complexity index is 209. The van der Waals surface area contributed by atoms with Crippen LogP contribution >= 0.6 is 0 Å². The summed E-state index contributed by atoms with van der Waals surface area (Å²) in [5, 5.41) is 11.4. The molecule has 0 saturated heterocycles. The quantitative estimate of drug-likeness (QED) is 0.687. The predicted molar refractivity (Wildman–Crippen MR) is 46.5 cm³/mol. The Kier molecular flexibility index (Phi) is 2.78. The van der Waals surface area contributed by atoms with E-state index in [2.05, 4.69) is 36.2 Å². The summed E-state index contributed by atoms with van der Waals surface area (Å²) in [5.41, 5.74) is 0.403. The lowest BCUT2D eigenvalue weighted by Crippen LogP contribution is -2.09. The molecular weight excluding hydrogens is 152 g/mol. The summed E-state index contributed by atoms with van der Waals surface area (Å²) in [5.74, 6) is 0. The Morgan fingerprint density at radius 3 is 2.58 bits per heavy atom. The number of rotatable bonds is 3. The average molecular weight is 168 g/mol. The van der Waals surface area contributed by atoms with E-state index < -0.39 is 0 Å². The molecule has 0 aromatic carbocycles. The van der Waals surface area contributed by atoms with Gasteiger partial charge in [0.25, 0.3) is 0 Å². The Morgan fingerprint density at radius 2 is 2.08 bits per heavy atom. The van der Waals surface area contributed by atoms with Crippen LogP contribution in [0.3, 0.4) is 0 Å². The Morgan fingerprint density at radius 1 is 1.33 bits per heavy atom. The summed E-state index contributed by atoms with van der Waals surface area (Å²) in [6.45, 7) is 7.59. The van der Waals surface area contributed by atoms with Crippen LogP contribution in [0.4, 0.5) is 0 Å². The zero-order valence-corrected chi connectivity index (χ0v) is 7.99. The molecule has 12 heavy (non-hydrogen) atoms. The van der Waals surface area contributed by atoms with Crippen LogP contribution in [-0.4, -0.2) is 20.2 Å². The molecule has 4 nitrogen and oxygen atoms in total. The molecule has 0 N–H and O–H groups in total. The number of aryl methyl sites for hydroxylation is 1. The zero-order chi connectivity index (χ0) is 9.03. The molecule has 1 aromatic heterocycles. The maximum Gasteiger partial charge on any atom is 0.162 e. The van der Waals surface area contributed by atoms with Gasteiger partial charge in [0.05, 0.1) is 6.54 Å². The van der Waals surface area contributed by atoms with E-state index in [1.165, 1.54) is 12.7 Å². The maximum absolute atomic E-state index is 3.93. The number of hydrogen-bond donors (Lipinski definition) is 0. The minimum atomic E-state index is 0.403. The van der Waals surface area contributed by atoms with Gasteiger partial charge in [-0.15, -0.1) is 10.2 Å². The van der Waals surface area contributed by atoms with Crippen LogP contribution in [0.2, 0.25) is 0 Å². The van der Waals surface area contributed by atoms with Crippen LogP contribution in [-0.2, 0) is 6.54 Å². The highest BCUT2D eigenvalue weighted by molar-refractivity contribution is 4.60. The van der Waals surface area contributed by atoms with Crippen LogP contribution in [0.1, 0.15) is 33.6 Å². The van der Waals surface area contributed by atoms with Crippen LogP contribution in [0.25, 0.3) is 0 Å². The second-order valence-corrected chi connectivity index (χ2v) is 4.20. The average Bonchev–Trinajstić information content (AvgIpc) is 2.36. The summed E-state index contributed by atoms with van der Waals surface area (Å²) in [6.07, 6.45) is 3.77. The molecule has 0 atom stereocenters. The van der Waals surface area contributed by atoms with Crippen molar-refractivity contribution in [1.82, 2.24) is 20.2 Å². The second kappa shape index (κ2) is 3.65. The number of aromatic nitrogens is 4. The normalized spacial score (nSPS) is 11.9. The van der Waals surface area contributed by atoms with Gasteiger partial charge >= 0.3 is 0 Å².